The summed E-state index contributed by atoms with van der Waals surface area (Å²) in [6.07, 6.45) is 1.74. The molecule has 0 aliphatic carbocycles. The Morgan fingerprint density at radius 2 is 2.33 bits per heavy atom. The first-order valence-corrected chi connectivity index (χ1v) is 3.79. The van der Waals surface area contributed by atoms with Crippen molar-refractivity contribution in [3.05, 3.63) is 35.7 Å². The molecule has 1 rings (SSSR count). The third-order valence-corrected chi connectivity index (χ3v) is 1.63. The van der Waals surface area contributed by atoms with Crippen molar-refractivity contribution < 1.29 is 0 Å². The quantitative estimate of drug-likeness (QED) is 0.622. The molecule has 0 radical (unpaired) electrons. The number of hydrogen-bond acceptors (Lipinski definition) is 2. The summed E-state index contributed by atoms with van der Waals surface area (Å²) in [6, 6.07) is 3.97. The number of aromatic nitrogens is 1. The van der Waals surface area contributed by atoms with Crippen molar-refractivity contribution in [2.24, 2.45) is 4.99 Å². The van der Waals surface area contributed by atoms with Gasteiger partial charge in [-0.15, -0.1) is 0 Å². The van der Waals surface area contributed by atoms with Gasteiger partial charge in [-0.2, -0.15) is 0 Å². The van der Waals surface area contributed by atoms with Gasteiger partial charge in [0.25, 0.3) is 0 Å². The Kier molecular flexibility index (Phi) is 2.75. The van der Waals surface area contributed by atoms with Crippen molar-refractivity contribution in [3.63, 3.8) is 0 Å². The molecule has 0 bridgehead atoms. The molecule has 0 unspecified atom stereocenters. The van der Waals surface area contributed by atoms with Crippen LogP contribution >= 0.6 is 0 Å². The molecule has 0 aromatic carbocycles. The Labute approximate surface area is 72.7 Å². The van der Waals surface area contributed by atoms with Crippen LogP contribution in [-0.2, 0) is 6.54 Å². The van der Waals surface area contributed by atoms with Gasteiger partial charge in [0.1, 0.15) is 0 Å². The van der Waals surface area contributed by atoms with Gasteiger partial charge < -0.3 is 0 Å². The van der Waals surface area contributed by atoms with Crippen LogP contribution in [0.1, 0.15) is 17.0 Å². The fourth-order valence-electron chi connectivity index (χ4n) is 1.04. The lowest BCUT2D eigenvalue weighted by Gasteiger charge is -2.02. The molecule has 0 atom stereocenters. The van der Waals surface area contributed by atoms with Crippen molar-refractivity contribution in [2.75, 3.05) is 0 Å². The molecule has 0 saturated heterocycles. The molecule has 2 heteroatoms. The van der Waals surface area contributed by atoms with Gasteiger partial charge in [0, 0.05) is 5.69 Å². The zero-order valence-corrected chi connectivity index (χ0v) is 7.25. The number of rotatable bonds is 3. The Bertz CT molecular complexity index is 303. The van der Waals surface area contributed by atoms with Gasteiger partial charge in [0.05, 0.1) is 12.2 Å². The second-order valence-electron chi connectivity index (χ2n) is 2.58. The van der Waals surface area contributed by atoms with E-state index in [4.69, 9.17) is 0 Å². The molecule has 0 aliphatic rings. The maximum absolute atomic E-state index is 4.30. The van der Waals surface area contributed by atoms with Crippen molar-refractivity contribution in [1.29, 1.82) is 0 Å². The highest BCUT2D eigenvalue weighted by Crippen LogP contribution is 2.09. The molecule has 0 fully saturated rings. The van der Waals surface area contributed by atoms with Crippen LogP contribution in [0.15, 0.2) is 23.7 Å². The highest BCUT2D eigenvalue weighted by molar-refractivity contribution is 5.47. The average molecular weight is 160 g/mol. The predicted molar refractivity (Wildman–Crippen MR) is 52.3 cm³/mol. The molecular formula is C10H12N2. The standard InChI is InChI=1S/C10H12N2/c1-4-10-9(7-11-3)6-5-8(2)12-10/h4-6H,1,3,7H2,2H3. The monoisotopic (exact) mass is 160 g/mol. The second-order valence-corrected chi connectivity index (χ2v) is 2.58. The lowest BCUT2D eigenvalue weighted by molar-refractivity contribution is 1.03. The molecule has 62 valence electrons. The highest BCUT2D eigenvalue weighted by Gasteiger charge is 1.98. The van der Waals surface area contributed by atoms with Crippen molar-refractivity contribution in [1.82, 2.24) is 4.98 Å². The fourth-order valence-corrected chi connectivity index (χ4v) is 1.04. The normalized spacial score (nSPS) is 9.42. The number of aliphatic imine (C=N–C) groups is 1. The molecule has 1 aromatic rings. The fraction of sp³-hybridized carbons (Fsp3) is 0.200. The zero-order chi connectivity index (χ0) is 8.97. The molecule has 0 N–H and O–H groups in total. The Morgan fingerprint density at radius 1 is 1.58 bits per heavy atom. The number of hydrogen-bond donors (Lipinski definition) is 0. The summed E-state index contributed by atoms with van der Waals surface area (Å²) in [5.41, 5.74) is 2.98. The van der Waals surface area contributed by atoms with Crippen LogP contribution in [0.3, 0.4) is 0 Å². The minimum atomic E-state index is 0.606. The molecular weight excluding hydrogens is 148 g/mol. The van der Waals surface area contributed by atoms with Gasteiger partial charge in [-0.1, -0.05) is 12.6 Å². The molecule has 1 aromatic heterocycles. The number of aryl methyl sites for hydroxylation is 1. The average Bonchev–Trinajstić information content (AvgIpc) is 2.08. The molecule has 0 spiro atoms. The van der Waals surface area contributed by atoms with Crippen LogP contribution in [0, 0.1) is 6.92 Å². The van der Waals surface area contributed by atoms with Gasteiger partial charge >= 0.3 is 0 Å². The van der Waals surface area contributed by atoms with Crippen LogP contribution < -0.4 is 0 Å². The SMILES string of the molecule is C=Cc1nc(C)ccc1CN=C. The maximum Gasteiger partial charge on any atom is 0.0677 e. The van der Waals surface area contributed by atoms with E-state index in [-0.39, 0.29) is 0 Å². The van der Waals surface area contributed by atoms with Gasteiger partial charge in [-0.25, -0.2) is 0 Å². The zero-order valence-electron chi connectivity index (χ0n) is 7.25. The van der Waals surface area contributed by atoms with Gasteiger partial charge in [0.15, 0.2) is 0 Å². The Balaban J connectivity index is 3.10. The van der Waals surface area contributed by atoms with Crippen LogP contribution in [-0.4, -0.2) is 11.7 Å². The van der Waals surface area contributed by atoms with E-state index in [1.165, 1.54) is 0 Å². The van der Waals surface area contributed by atoms with Crippen LogP contribution in [0.25, 0.3) is 6.08 Å². The summed E-state index contributed by atoms with van der Waals surface area (Å²) >= 11 is 0. The molecule has 0 saturated carbocycles. The summed E-state index contributed by atoms with van der Waals surface area (Å²) in [7, 11) is 0. The molecule has 1 heterocycles. The second kappa shape index (κ2) is 3.81. The van der Waals surface area contributed by atoms with Crippen LogP contribution in [0.2, 0.25) is 0 Å². The van der Waals surface area contributed by atoms with Crippen molar-refractivity contribution in [2.45, 2.75) is 13.5 Å². The summed E-state index contributed by atoms with van der Waals surface area (Å²) in [5.74, 6) is 0. The van der Waals surface area contributed by atoms with E-state index in [1.54, 1.807) is 6.08 Å². The predicted octanol–water partition coefficient (Wildman–Crippen LogP) is 2.23. The summed E-state index contributed by atoms with van der Waals surface area (Å²) in [5, 5.41) is 0. The molecule has 0 aliphatic heterocycles. The van der Waals surface area contributed by atoms with E-state index < -0.39 is 0 Å². The third-order valence-electron chi connectivity index (χ3n) is 1.63. The molecule has 0 amide bonds. The van der Waals surface area contributed by atoms with Gasteiger partial charge in [-0.05, 0) is 31.3 Å². The summed E-state index contributed by atoms with van der Waals surface area (Å²) in [4.78, 5) is 8.11. The third kappa shape index (κ3) is 1.78. The summed E-state index contributed by atoms with van der Waals surface area (Å²) < 4.78 is 0. The van der Waals surface area contributed by atoms with Crippen LogP contribution in [0.5, 0.6) is 0 Å². The van der Waals surface area contributed by atoms with E-state index >= 15 is 0 Å². The Hall–Kier alpha value is -1.44. The topological polar surface area (TPSA) is 25.2 Å². The minimum Gasteiger partial charge on any atom is -0.296 e. The smallest absolute Gasteiger partial charge is 0.0677 e. The van der Waals surface area contributed by atoms with E-state index in [0.717, 1.165) is 17.0 Å². The van der Waals surface area contributed by atoms with E-state index in [1.807, 2.05) is 19.1 Å². The van der Waals surface area contributed by atoms with Crippen LogP contribution in [0.4, 0.5) is 0 Å². The lowest BCUT2D eigenvalue weighted by Crippen LogP contribution is -1.92. The minimum absolute atomic E-state index is 0.606. The first-order valence-electron chi connectivity index (χ1n) is 3.79. The van der Waals surface area contributed by atoms with Gasteiger partial charge in [0.2, 0.25) is 0 Å². The van der Waals surface area contributed by atoms with Crippen molar-refractivity contribution >= 4 is 12.8 Å². The first kappa shape index (κ1) is 8.65. The molecule has 12 heavy (non-hydrogen) atoms. The largest absolute Gasteiger partial charge is 0.296 e. The van der Waals surface area contributed by atoms with E-state index in [2.05, 4.69) is 23.3 Å². The molecule has 2 nitrogen and oxygen atoms in total. The van der Waals surface area contributed by atoms with E-state index in [0.29, 0.717) is 6.54 Å². The lowest BCUT2D eigenvalue weighted by atomic mass is 10.2. The first-order chi connectivity index (χ1) is 5.77. The summed E-state index contributed by atoms with van der Waals surface area (Å²) in [6.45, 7) is 9.69. The van der Waals surface area contributed by atoms with Gasteiger partial charge in [-0.3, -0.25) is 9.98 Å². The van der Waals surface area contributed by atoms with E-state index in [9.17, 15) is 0 Å². The Morgan fingerprint density at radius 3 is 2.92 bits per heavy atom. The maximum atomic E-state index is 4.30. The number of pyridine rings is 1. The number of nitrogens with zero attached hydrogens (tertiary/aromatic N) is 2. The van der Waals surface area contributed by atoms with Crippen molar-refractivity contribution in [3.8, 4) is 0 Å². The highest BCUT2D eigenvalue weighted by atomic mass is 14.7.